The van der Waals surface area contributed by atoms with Gasteiger partial charge in [0.2, 0.25) is 0 Å². The van der Waals surface area contributed by atoms with E-state index in [1.807, 2.05) is 13.8 Å². The zero-order valence-corrected chi connectivity index (χ0v) is 10.2. The monoisotopic (exact) mass is 238 g/mol. The first-order chi connectivity index (χ1) is 8.21. The van der Waals surface area contributed by atoms with Crippen LogP contribution < -0.4 is 5.32 Å². The lowest BCUT2D eigenvalue weighted by Crippen LogP contribution is -2.36. The van der Waals surface area contributed by atoms with Crippen LogP contribution in [0.25, 0.3) is 0 Å². The summed E-state index contributed by atoms with van der Waals surface area (Å²) < 4.78 is 0. The van der Waals surface area contributed by atoms with Crippen molar-refractivity contribution in [3.8, 4) is 0 Å². The summed E-state index contributed by atoms with van der Waals surface area (Å²) in [6, 6.07) is -0.255. The van der Waals surface area contributed by atoms with Crippen molar-refractivity contribution < 1.29 is 9.90 Å². The van der Waals surface area contributed by atoms with Crippen LogP contribution in [0.2, 0.25) is 0 Å². The summed E-state index contributed by atoms with van der Waals surface area (Å²) in [6.45, 7) is 4.63. The minimum Gasteiger partial charge on any atom is -0.395 e. The molecule has 1 rings (SSSR count). The highest BCUT2D eigenvalue weighted by Gasteiger charge is 2.10. The maximum absolute atomic E-state index is 11.7. The molecule has 2 N–H and O–H groups in total. The Morgan fingerprint density at radius 1 is 1.41 bits per heavy atom. The lowest BCUT2D eigenvalue weighted by Gasteiger charge is -2.19. The van der Waals surface area contributed by atoms with Gasteiger partial charge in [0.15, 0.2) is 0 Å². The topological polar surface area (TPSA) is 78.4 Å². The van der Waals surface area contributed by atoms with Gasteiger partial charge in [0, 0.05) is 19.5 Å². The van der Waals surface area contributed by atoms with Crippen molar-refractivity contribution in [2.24, 2.45) is 0 Å². The Morgan fingerprint density at radius 3 is 2.53 bits per heavy atom. The number of nitrogens with one attached hydrogen (secondary N) is 1. The molecular weight excluding hydrogens is 220 g/mol. The molecule has 0 aromatic carbocycles. The number of amides is 2. The second-order valence-corrected chi connectivity index (χ2v) is 3.47. The van der Waals surface area contributed by atoms with Crippen LogP contribution in [0.5, 0.6) is 0 Å². The fourth-order valence-corrected chi connectivity index (χ4v) is 1.33. The molecule has 1 heterocycles. The average Bonchev–Trinajstić information content (AvgIpc) is 2.36. The second-order valence-electron chi connectivity index (χ2n) is 3.47. The van der Waals surface area contributed by atoms with Crippen LogP contribution >= 0.6 is 0 Å². The molecule has 0 aliphatic rings. The van der Waals surface area contributed by atoms with Crippen molar-refractivity contribution in [1.82, 2.24) is 14.9 Å². The van der Waals surface area contributed by atoms with Gasteiger partial charge in [-0.15, -0.1) is 0 Å². The molecule has 0 saturated heterocycles. The van der Waals surface area contributed by atoms with Crippen molar-refractivity contribution in [1.29, 1.82) is 0 Å². The Kier molecular flexibility index (Phi) is 5.35. The summed E-state index contributed by atoms with van der Waals surface area (Å²) in [6.07, 6.45) is 3.92. The Balaban J connectivity index is 2.59. The number of nitrogens with zero attached hydrogens (tertiary/aromatic N) is 3. The van der Waals surface area contributed by atoms with Crippen molar-refractivity contribution in [2.75, 3.05) is 25.0 Å². The van der Waals surface area contributed by atoms with Crippen LogP contribution in [-0.2, 0) is 6.42 Å². The number of aliphatic hydroxyl groups is 1. The van der Waals surface area contributed by atoms with Gasteiger partial charge < -0.3 is 15.3 Å². The molecule has 0 aliphatic heterocycles. The van der Waals surface area contributed by atoms with Crippen LogP contribution in [0.4, 0.5) is 10.5 Å². The molecule has 0 unspecified atom stereocenters. The lowest BCUT2D eigenvalue weighted by molar-refractivity contribution is 0.192. The molecule has 0 atom stereocenters. The van der Waals surface area contributed by atoms with E-state index in [2.05, 4.69) is 15.3 Å². The molecule has 1 aromatic heterocycles. The molecule has 17 heavy (non-hydrogen) atoms. The van der Waals surface area contributed by atoms with Gasteiger partial charge in [-0.2, -0.15) is 0 Å². The second kappa shape index (κ2) is 6.80. The van der Waals surface area contributed by atoms with Gasteiger partial charge in [0.1, 0.15) is 5.82 Å². The number of hydrogen-bond acceptors (Lipinski definition) is 4. The number of aromatic nitrogens is 2. The summed E-state index contributed by atoms with van der Waals surface area (Å²) in [7, 11) is 0. The lowest BCUT2D eigenvalue weighted by atomic mass is 10.4. The SMILES string of the molecule is CCc1ncc(NC(=O)N(CC)CCO)cn1. The molecular formula is C11H18N4O2. The molecule has 0 radical (unpaired) electrons. The van der Waals surface area contributed by atoms with Crippen molar-refractivity contribution in [3.63, 3.8) is 0 Å². The van der Waals surface area contributed by atoms with Gasteiger partial charge in [-0.1, -0.05) is 6.92 Å². The van der Waals surface area contributed by atoms with Crippen LogP contribution in [0.15, 0.2) is 12.4 Å². The van der Waals surface area contributed by atoms with Gasteiger partial charge in [0.05, 0.1) is 24.7 Å². The van der Waals surface area contributed by atoms with Crippen LogP contribution in [0.1, 0.15) is 19.7 Å². The molecule has 1 aromatic rings. The zero-order valence-electron chi connectivity index (χ0n) is 10.2. The molecule has 2 amide bonds. The number of aliphatic hydroxyl groups excluding tert-OH is 1. The number of rotatable bonds is 5. The summed E-state index contributed by atoms with van der Waals surface area (Å²) in [5.74, 6) is 0.741. The highest BCUT2D eigenvalue weighted by atomic mass is 16.3. The van der Waals surface area contributed by atoms with E-state index in [1.165, 1.54) is 4.90 Å². The van der Waals surface area contributed by atoms with Gasteiger partial charge >= 0.3 is 6.03 Å². The smallest absolute Gasteiger partial charge is 0.322 e. The standard InChI is InChI=1S/C11H18N4O2/c1-3-10-12-7-9(8-13-10)14-11(17)15(4-2)5-6-16/h7-8,16H,3-6H2,1-2H3,(H,14,17). The third-order valence-corrected chi connectivity index (χ3v) is 2.31. The number of carbonyl (C=O) groups excluding carboxylic acids is 1. The van der Waals surface area contributed by atoms with Gasteiger partial charge in [-0.05, 0) is 6.92 Å². The first-order valence-corrected chi connectivity index (χ1v) is 5.69. The first-order valence-electron chi connectivity index (χ1n) is 5.69. The summed E-state index contributed by atoms with van der Waals surface area (Å²) in [4.78, 5) is 21.4. The van der Waals surface area contributed by atoms with E-state index in [0.29, 0.717) is 18.8 Å². The van der Waals surface area contributed by atoms with Crippen molar-refractivity contribution in [2.45, 2.75) is 20.3 Å². The minimum absolute atomic E-state index is 0.0491. The van der Waals surface area contributed by atoms with E-state index in [4.69, 9.17) is 5.11 Å². The summed E-state index contributed by atoms with van der Waals surface area (Å²) in [5.41, 5.74) is 0.559. The predicted octanol–water partition coefficient (Wildman–Crippen LogP) is 0.885. The molecule has 0 spiro atoms. The number of hydrogen-bond donors (Lipinski definition) is 2. The van der Waals surface area contributed by atoms with Gasteiger partial charge in [0.25, 0.3) is 0 Å². The molecule has 6 nitrogen and oxygen atoms in total. The Labute approximate surface area is 101 Å². The molecule has 0 saturated carbocycles. The van der Waals surface area contributed by atoms with Crippen LogP contribution in [0, 0.1) is 0 Å². The molecule has 0 aliphatic carbocycles. The zero-order chi connectivity index (χ0) is 12.7. The third kappa shape index (κ3) is 3.99. The Morgan fingerprint density at radius 2 is 2.06 bits per heavy atom. The minimum atomic E-state index is -0.255. The number of urea groups is 1. The molecule has 0 bridgehead atoms. The van der Waals surface area contributed by atoms with Crippen molar-refractivity contribution in [3.05, 3.63) is 18.2 Å². The first kappa shape index (κ1) is 13.4. The fourth-order valence-electron chi connectivity index (χ4n) is 1.33. The van der Waals surface area contributed by atoms with Crippen molar-refractivity contribution >= 4 is 11.7 Å². The van der Waals surface area contributed by atoms with Gasteiger partial charge in [-0.3, -0.25) is 0 Å². The predicted molar refractivity (Wildman–Crippen MR) is 64.8 cm³/mol. The highest BCUT2D eigenvalue weighted by Crippen LogP contribution is 2.04. The van der Waals surface area contributed by atoms with E-state index in [9.17, 15) is 4.79 Å². The third-order valence-electron chi connectivity index (χ3n) is 2.31. The average molecular weight is 238 g/mol. The molecule has 94 valence electrons. The van der Waals surface area contributed by atoms with Gasteiger partial charge in [-0.25, -0.2) is 14.8 Å². The Bertz CT molecular complexity index is 353. The normalized spacial score (nSPS) is 10.1. The maximum atomic E-state index is 11.7. The van der Waals surface area contributed by atoms with E-state index in [1.54, 1.807) is 12.4 Å². The van der Waals surface area contributed by atoms with E-state index in [-0.39, 0.29) is 12.6 Å². The summed E-state index contributed by atoms with van der Waals surface area (Å²) in [5, 5.41) is 11.5. The van der Waals surface area contributed by atoms with E-state index < -0.39 is 0 Å². The number of aryl methyl sites for hydroxylation is 1. The van der Waals surface area contributed by atoms with E-state index in [0.717, 1.165) is 12.2 Å². The quantitative estimate of drug-likeness (QED) is 0.798. The number of carbonyl (C=O) groups is 1. The number of anilines is 1. The fraction of sp³-hybridized carbons (Fsp3) is 0.545. The largest absolute Gasteiger partial charge is 0.395 e. The Hall–Kier alpha value is -1.69. The maximum Gasteiger partial charge on any atom is 0.322 e. The highest BCUT2D eigenvalue weighted by molar-refractivity contribution is 5.88. The van der Waals surface area contributed by atoms with Crippen LogP contribution in [0.3, 0.4) is 0 Å². The van der Waals surface area contributed by atoms with Crippen LogP contribution in [-0.4, -0.2) is 45.7 Å². The molecule has 6 heteroatoms. The number of likely N-dealkylation sites (N-methyl/N-ethyl adjacent to an activating group) is 1. The summed E-state index contributed by atoms with van der Waals surface area (Å²) >= 11 is 0. The molecule has 0 fully saturated rings. The van der Waals surface area contributed by atoms with E-state index >= 15 is 0 Å².